The van der Waals surface area contributed by atoms with Gasteiger partial charge in [-0.1, -0.05) is 0 Å². The van der Waals surface area contributed by atoms with Crippen molar-refractivity contribution in [1.82, 2.24) is 8.33 Å². The average molecular weight is 184 g/mol. The molecule has 0 aromatic carbocycles. The second kappa shape index (κ2) is 2.82. The Morgan fingerprint density at radius 2 is 2.50 bits per heavy atom. The molecule has 1 saturated carbocycles. The lowest BCUT2D eigenvalue weighted by Crippen LogP contribution is -2.20. The van der Waals surface area contributed by atoms with Gasteiger partial charge in [0, 0.05) is 6.42 Å². The highest BCUT2D eigenvalue weighted by Gasteiger charge is 2.25. The summed E-state index contributed by atoms with van der Waals surface area (Å²) in [6.45, 7) is 0. The Labute approximate surface area is 73.1 Å². The van der Waals surface area contributed by atoms with E-state index in [9.17, 15) is 9.59 Å². The van der Waals surface area contributed by atoms with Crippen molar-refractivity contribution >= 4 is 17.6 Å². The number of hydrogen-bond acceptors (Lipinski definition) is 4. The summed E-state index contributed by atoms with van der Waals surface area (Å²) in [5.74, 6) is 0.413. The Kier molecular flexibility index (Phi) is 1.80. The number of hydrogen-bond donors (Lipinski definition) is 0. The van der Waals surface area contributed by atoms with Gasteiger partial charge in [0.1, 0.15) is 6.20 Å². The minimum atomic E-state index is -0.300. The summed E-state index contributed by atoms with van der Waals surface area (Å²) >= 11 is 0.932. The molecule has 0 saturated heterocycles. The molecule has 5 heteroatoms. The second-order valence-electron chi connectivity index (χ2n) is 2.99. The highest BCUT2D eigenvalue weighted by molar-refractivity contribution is 7.01. The van der Waals surface area contributed by atoms with E-state index in [2.05, 4.69) is 4.37 Å². The van der Waals surface area contributed by atoms with Gasteiger partial charge in [0.2, 0.25) is 5.91 Å². The fraction of sp³-hybridized carbons (Fsp3) is 0.571. The van der Waals surface area contributed by atoms with Crippen molar-refractivity contribution < 1.29 is 4.79 Å². The molecule has 0 radical (unpaired) electrons. The molecule has 64 valence electrons. The van der Waals surface area contributed by atoms with Gasteiger partial charge in [-0.25, -0.2) is 0 Å². The number of nitrogens with zero attached hydrogens (tertiary/aromatic N) is 2. The van der Waals surface area contributed by atoms with E-state index < -0.39 is 0 Å². The quantitative estimate of drug-likeness (QED) is 0.681. The molecule has 0 amide bonds. The summed E-state index contributed by atoms with van der Waals surface area (Å²) in [4.78, 5) is 22.3. The minimum absolute atomic E-state index is 0.106. The van der Waals surface area contributed by atoms with Gasteiger partial charge in [-0.3, -0.25) is 9.59 Å². The summed E-state index contributed by atoms with van der Waals surface area (Å²) in [6.07, 6.45) is 3.93. The third-order valence-electron chi connectivity index (χ3n) is 1.88. The van der Waals surface area contributed by atoms with Crippen molar-refractivity contribution in [3.05, 3.63) is 16.6 Å². The van der Waals surface area contributed by atoms with Crippen LogP contribution in [0.25, 0.3) is 0 Å². The maximum atomic E-state index is 11.3. The van der Waals surface area contributed by atoms with Crippen LogP contribution in [0.3, 0.4) is 0 Å². The molecule has 1 aliphatic carbocycles. The lowest BCUT2D eigenvalue weighted by atomic mass is 10.3. The molecule has 0 aliphatic heterocycles. The van der Waals surface area contributed by atoms with Gasteiger partial charge in [0.05, 0.1) is 11.7 Å². The molecule has 1 aromatic heterocycles. The summed E-state index contributed by atoms with van der Waals surface area (Å²) in [6, 6.07) is 0. The predicted molar refractivity (Wildman–Crippen MR) is 44.3 cm³/mol. The third-order valence-corrected chi connectivity index (χ3v) is 2.63. The molecule has 0 atom stereocenters. The molecule has 1 aromatic rings. The number of carbonyl (C=O) groups is 1. The van der Waals surface area contributed by atoms with Crippen molar-refractivity contribution in [3.8, 4) is 0 Å². The van der Waals surface area contributed by atoms with E-state index >= 15 is 0 Å². The Hall–Kier alpha value is -0.970. The van der Waals surface area contributed by atoms with Crippen LogP contribution in [-0.4, -0.2) is 14.2 Å². The maximum absolute atomic E-state index is 11.3. The molecule has 12 heavy (non-hydrogen) atoms. The Bertz CT molecular complexity index is 350. The second-order valence-corrected chi connectivity index (χ2v) is 3.73. The zero-order chi connectivity index (χ0) is 8.55. The molecular weight excluding hydrogens is 176 g/mol. The Morgan fingerprint density at radius 3 is 3.00 bits per heavy atom. The van der Waals surface area contributed by atoms with Crippen LogP contribution in [0, 0.1) is 5.92 Å². The zero-order valence-electron chi connectivity index (χ0n) is 6.40. The van der Waals surface area contributed by atoms with E-state index in [4.69, 9.17) is 0 Å². The first kappa shape index (κ1) is 7.67. The standard InChI is InChI=1S/C7H8N2O2S/c10-6(3-5-1-2-5)9-7(11)4-8-12-9/h4-5H,1-3H2. The van der Waals surface area contributed by atoms with Crippen molar-refractivity contribution in [3.63, 3.8) is 0 Å². The number of rotatable bonds is 2. The first-order chi connectivity index (χ1) is 5.77. The number of aromatic nitrogens is 2. The SMILES string of the molecule is O=C(CC1CC1)n1sncc1=O. The van der Waals surface area contributed by atoms with Crippen LogP contribution < -0.4 is 5.56 Å². The predicted octanol–water partition coefficient (Wildman–Crippen LogP) is 0.745. The zero-order valence-corrected chi connectivity index (χ0v) is 7.21. The summed E-state index contributed by atoms with van der Waals surface area (Å²) in [5.41, 5.74) is -0.300. The summed E-state index contributed by atoms with van der Waals surface area (Å²) in [5, 5.41) is 0. The van der Waals surface area contributed by atoms with E-state index in [-0.39, 0.29) is 11.5 Å². The van der Waals surface area contributed by atoms with Crippen LogP contribution in [0.4, 0.5) is 0 Å². The van der Waals surface area contributed by atoms with E-state index in [0.29, 0.717) is 12.3 Å². The van der Waals surface area contributed by atoms with Crippen LogP contribution in [0.1, 0.15) is 24.1 Å². The van der Waals surface area contributed by atoms with E-state index in [1.165, 1.54) is 6.20 Å². The van der Waals surface area contributed by atoms with E-state index in [1.807, 2.05) is 0 Å². The van der Waals surface area contributed by atoms with E-state index in [1.54, 1.807) is 0 Å². The van der Waals surface area contributed by atoms with Crippen molar-refractivity contribution in [2.24, 2.45) is 5.92 Å². The molecule has 0 spiro atoms. The van der Waals surface area contributed by atoms with Crippen LogP contribution in [0.15, 0.2) is 11.0 Å². The van der Waals surface area contributed by atoms with Gasteiger partial charge in [-0.2, -0.15) is 8.33 Å². The highest BCUT2D eigenvalue weighted by Crippen LogP contribution is 2.32. The number of carbonyl (C=O) groups excluding carboxylic acids is 1. The first-order valence-corrected chi connectivity index (χ1v) is 4.58. The molecule has 4 nitrogen and oxygen atoms in total. The Morgan fingerprint density at radius 1 is 1.75 bits per heavy atom. The fourth-order valence-corrected chi connectivity index (χ4v) is 1.55. The van der Waals surface area contributed by atoms with Crippen LogP contribution in [-0.2, 0) is 0 Å². The largest absolute Gasteiger partial charge is 0.287 e. The normalized spacial score (nSPS) is 16.3. The van der Waals surface area contributed by atoms with Crippen LogP contribution >= 0.6 is 11.7 Å². The van der Waals surface area contributed by atoms with Gasteiger partial charge >= 0.3 is 0 Å². The molecule has 2 rings (SSSR count). The van der Waals surface area contributed by atoms with Crippen molar-refractivity contribution in [2.45, 2.75) is 19.3 Å². The topological polar surface area (TPSA) is 52.0 Å². The molecule has 1 fully saturated rings. The van der Waals surface area contributed by atoms with Gasteiger partial charge < -0.3 is 0 Å². The fourth-order valence-electron chi connectivity index (χ4n) is 1.03. The van der Waals surface area contributed by atoms with Gasteiger partial charge in [-0.05, 0) is 18.8 Å². The smallest absolute Gasteiger partial charge is 0.273 e. The molecule has 0 bridgehead atoms. The van der Waals surface area contributed by atoms with Gasteiger partial charge in [0.15, 0.2) is 0 Å². The third kappa shape index (κ3) is 1.45. The molecule has 0 N–H and O–H groups in total. The van der Waals surface area contributed by atoms with Gasteiger partial charge in [0.25, 0.3) is 5.56 Å². The van der Waals surface area contributed by atoms with Crippen molar-refractivity contribution in [1.29, 1.82) is 0 Å². The lowest BCUT2D eigenvalue weighted by molar-refractivity contribution is 0.0905. The first-order valence-electron chi connectivity index (χ1n) is 3.85. The molecule has 1 heterocycles. The summed E-state index contributed by atoms with van der Waals surface area (Å²) < 4.78 is 4.77. The van der Waals surface area contributed by atoms with Crippen LogP contribution in [0.5, 0.6) is 0 Å². The van der Waals surface area contributed by atoms with Crippen LogP contribution in [0.2, 0.25) is 0 Å². The molecular formula is C7H8N2O2S. The maximum Gasteiger partial charge on any atom is 0.287 e. The minimum Gasteiger partial charge on any atom is -0.273 e. The average Bonchev–Trinajstić information content (AvgIpc) is 2.72. The molecule has 0 unspecified atom stereocenters. The monoisotopic (exact) mass is 184 g/mol. The van der Waals surface area contributed by atoms with Gasteiger partial charge in [-0.15, -0.1) is 0 Å². The van der Waals surface area contributed by atoms with Crippen molar-refractivity contribution in [2.75, 3.05) is 0 Å². The lowest BCUT2D eigenvalue weighted by Gasteiger charge is -1.94. The highest BCUT2D eigenvalue weighted by atomic mass is 32.1. The summed E-state index contributed by atoms with van der Waals surface area (Å²) in [7, 11) is 0. The Balaban J connectivity index is 2.13. The van der Waals surface area contributed by atoms with E-state index in [0.717, 1.165) is 28.5 Å². The molecule has 1 aliphatic rings.